The maximum atomic E-state index is 10.2. The largest absolute Gasteiger partial charge is 0.394 e. The number of aliphatic hydroxyl groups is 4. The lowest BCUT2D eigenvalue weighted by Gasteiger charge is -2.26. The molecule has 0 amide bonds. The number of hydrogen-bond donors (Lipinski definition) is 5. The number of hydrogen-bond acceptors (Lipinski definition) is 9. The number of anilines is 1. The van der Waals surface area contributed by atoms with E-state index >= 15 is 0 Å². The van der Waals surface area contributed by atoms with Crippen LogP contribution in [0.15, 0.2) is 12.7 Å². The molecule has 2 aromatic heterocycles. The van der Waals surface area contributed by atoms with Crippen LogP contribution in [0.1, 0.15) is 31.9 Å². The third-order valence-electron chi connectivity index (χ3n) is 5.19. The van der Waals surface area contributed by atoms with Gasteiger partial charge in [0, 0.05) is 6.04 Å². The van der Waals surface area contributed by atoms with Crippen LogP contribution >= 0.6 is 0 Å². The minimum atomic E-state index is -1.20. The molecule has 0 spiro atoms. The van der Waals surface area contributed by atoms with Crippen molar-refractivity contribution in [3.05, 3.63) is 12.7 Å². The maximum absolute atomic E-state index is 10.2. The number of imidazole rings is 1. The predicted octanol–water partition coefficient (Wildman–Crippen LogP) is -0.847. The van der Waals surface area contributed by atoms with Crippen LogP contribution < -0.4 is 5.32 Å². The molecule has 0 radical (unpaired) electrons. The average Bonchev–Trinajstić information content (AvgIpc) is 3.19. The molecule has 26 heavy (non-hydrogen) atoms. The minimum Gasteiger partial charge on any atom is -0.394 e. The van der Waals surface area contributed by atoms with Gasteiger partial charge >= 0.3 is 0 Å². The zero-order valence-corrected chi connectivity index (χ0v) is 14.1. The van der Waals surface area contributed by atoms with Crippen molar-refractivity contribution >= 4 is 17.0 Å². The van der Waals surface area contributed by atoms with Gasteiger partial charge in [-0.05, 0) is 25.7 Å². The molecule has 4 atom stereocenters. The van der Waals surface area contributed by atoms with Gasteiger partial charge in [-0.25, -0.2) is 15.0 Å². The lowest BCUT2D eigenvalue weighted by atomic mass is 9.93. The molecule has 2 aromatic rings. The zero-order chi connectivity index (χ0) is 18.3. The fourth-order valence-electron chi connectivity index (χ4n) is 3.67. The Labute approximate surface area is 149 Å². The van der Waals surface area contributed by atoms with Crippen LogP contribution in [0, 0.1) is 0 Å². The van der Waals surface area contributed by atoms with Crippen LogP contribution in [-0.2, 0) is 4.74 Å². The van der Waals surface area contributed by atoms with Crippen molar-refractivity contribution in [1.29, 1.82) is 0 Å². The Morgan fingerprint density at radius 1 is 1.08 bits per heavy atom. The van der Waals surface area contributed by atoms with Crippen molar-refractivity contribution in [2.45, 2.75) is 62.4 Å². The second-order valence-electron chi connectivity index (χ2n) is 6.92. The average molecular weight is 365 g/mol. The monoisotopic (exact) mass is 365 g/mol. The van der Waals surface area contributed by atoms with Crippen molar-refractivity contribution < 1.29 is 25.2 Å². The van der Waals surface area contributed by atoms with Crippen molar-refractivity contribution in [2.24, 2.45) is 0 Å². The first-order valence-corrected chi connectivity index (χ1v) is 8.83. The molecule has 1 aliphatic carbocycles. The molecular weight excluding hydrogens is 342 g/mol. The van der Waals surface area contributed by atoms with E-state index in [1.807, 2.05) is 0 Å². The van der Waals surface area contributed by atoms with Gasteiger partial charge in [0.05, 0.1) is 19.0 Å². The van der Waals surface area contributed by atoms with Gasteiger partial charge in [0.1, 0.15) is 24.6 Å². The van der Waals surface area contributed by atoms with E-state index < -0.39 is 31.1 Å². The van der Waals surface area contributed by atoms with Gasteiger partial charge in [0.25, 0.3) is 0 Å². The van der Waals surface area contributed by atoms with E-state index in [-0.39, 0.29) is 12.1 Å². The number of rotatable bonds is 4. The van der Waals surface area contributed by atoms with Crippen molar-refractivity contribution in [1.82, 2.24) is 19.5 Å². The standard InChI is InChI=1S/C16H23N5O5/c22-5-10-12(24)13(25)16(26-10)21-7-19-11-14(17-6-18-15(11)21)20-8-1-3-9(23)4-2-8/h6-10,12-13,16,22-25H,1-5H2,(H,17,18,20)/t8?,9?,10-,12-,13-,16-/m1/s1. The first-order chi connectivity index (χ1) is 12.6. The number of ether oxygens (including phenoxy) is 1. The van der Waals surface area contributed by atoms with Gasteiger partial charge in [0.2, 0.25) is 0 Å². The zero-order valence-electron chi connectivity index (χ0n) is 14.1. The highest BCUT2D eigenvalue weighted by molar-refractivity contribution is 5.82. The Morgan fingerprint density at radius 2 is 1.85 bits per heavy atom. The third-order valence-corrected chi connectivity index (χ3v) is 5.19. The first kappa shape index (κ1) is 17.6. The molecule has 2 aliphatic rings. The molecule has 10 nitrogen and oxygen atoms in total. The quantitative estimate of drug-likeness (QED) is 0.468. The summed E-state index contributed by atoms with van der Waals surface area (Å²) in [6.07, 6.45) is 1.73. The second-order valence-corrected chi connectivity index (χ2v) is 6.92. The van der Waals surface area contributed by atoms with Gasteiger partial charge in [-0.2, -0.15) is 0 Å². The topological polar surface area (TPSA) is 146 Å². The Balaban J connectivity index is 1.59. The number of aliphatic hydroxyl groups excluding tert-OH is 4. The first-order valence-electron chi connectivity index (χ1n) is 8.83. The molecule has 5 N–H and O–H groups in total. The minimum absolute atomic E-state index is 0.204. The fourth-order valence-corrected chi connectivity index (χ4v) is 3.67. The van der Waals surface area contributed by atoms with Gasteiger partial charge in [-0.3, -0.25) is 4.57 Å². The fraction of sp³-hybridized carbons (Fsp3) is 0.688. The Hall–Kier alpha value is -1.85. The lowest BCUT2D eigenvalue weighted by Crippen LogP contribution is -2.33. The van der Waals surface area contributed by atoms with E-state index in [2.05, 4.69) is 20.3 Å². The van der Waals surface area contributed by atoms with E-state index in [9.17, 15) is 20.4 Å². The van der Waals surface area contributed by atoms with Gasteiger partial charge in [-0.15, -0.1) is 0 Å². The predicted molar refractivity (Wildman–Crippen MR) is 90.2 cm³/mol. The van der Waals surface area contributed by atoms with Crippen LogP contribution in [0.25, 0.3) is 11.2 Å². The van der Waals surface area contributed by atoms with Crippen molar-refractivity contribution in [3.8, 4) is 0 Å². The highest BCUT2D eigenvalue weighted by Crippen LogP contribution is 2.32. The van der Waals surface area contributed by atoms with E-state index in [1.165, 1.54) is 17.2 Å². The molecule has 4 rings (SSSR count). The smallest absolute Gasteiger partial charge is 0.167 e. The number of aromatic nitrogens is 4. The summed E-state index contributed by atoms with van der Waals surface area (Å²) < 4.78 is 7.09. The molecule has 0 aromatic carbocycles. The maximum Gasteiger partial charge on any atom is 0.167 e. The SMILES string of the molecule is OC[C@H]1O[C@@H](n2cnc3c(NC4CCC(O)CC4)ncnc32)[C@H](O)[C@@H]1O. The molecule has 1 saturated carbocycles. The van der Waals surface area contributed by atoms with Gasteiger partial charge in [0.15, 0.2) is 23.2 Å². The van der Waals surface area contributed by atoms with E-state index in [0.29, 0.717) is 17.0 Å². The van der Waals surface area contributed by atoms with Crippen LogP contribution in [0.3, 0.4) is 0 Å². The van der Waals surface area contributed by atoms with E-state index in [4.69, 9.17) is 4.74 Å². The second kappa shape index (κ2) is 7.05. The highest BCUT2D eigenvalue weighted by Gasteiger charge is 2.44. The molecule has 3 heterocycles. The van der Waals surface area contributed by atoms with Crippen LogP contribution in [-0.4, -0.2) is 77.0 Å². The van der Waals surface area contributed by atoms with Crippen molar-refractivity contribution in [2.75, 3.05) is 11.9 Å². The van der Waals surface area contributed by atoms with Crippen molar-refractivity contribution in [3.63, 3.8) is 0 Å². The van der Waals surface area contributed by atoms with Crippen LogP contribution in [0.5, 0.6) is 0 Å². The Morgan fingerprint density at radius 3 is 2.54 bits per heavy atom. The lowest BCUT2D eigenvalue weighted by molar-refractivity contribution is -0.0511. The van der Waals surface area contributed by atoms with E-state index in [0.717, 1.165) is 25.7 Å². The molecule has 2 fully saturated rings. The normalized spacial score (nSPS) is 35.1. The summed E-state index contributed by atoms with van der Waals surface area (Å²) >= 11 is 0. The number of nitrogens with one attached hydrogen (secondary N) is 1. The summed E-state index contributed by atoms with van der Waals surface area (Å²) in [6.45, 7) is -0.392. The summed E-state index contributed by atoms with van der Waals surface area (Å²) in [5, 5.41) is 42.4. The summed E-state index contributed by atoms with van der Waals surface area (Å²) in [5.41, 5.74) is 1.00. The van der Waals surface area contributed by atoms with Crippen LogP contribution in [0.2, 0.25) is 0 Å². The molecule has 10 heteroatoms. The van der Waals surface area contributed by atoms with Gasteiger partial charge in [-0.1, -0.05) is 0 Å². The number of fused-ring (bicyclic) bond motifs is 1. The van der Waals surface area contributed by atoms with E-state index in [1.54, 1.807) is 0 Å². The summed E-state index contributed by atoms with van der Waals surface area (Å²) in [4.78, 5) is 12.9. The summed E-state index contributed by atoms with van der Waals surface area (Å²) in [7, 11) is 0. The molecule has 0 bridgehead atoms. The molecule has 1 aliphatic heterocycles. The molecular formula is C16H23N5O5. The Bertz CT molecular complexity index is 763. The molecule has 142 valence electrons. The summed E-state index contributed by atoms with van der Waals surface area (Å²) in [5.74, 6) is 0.585. The third kappa shape index (κ3) is 3.03. The summed E-state index contributed by atoms with van der Waals surface area (Å²) in [6, 6.07) is 0.204. The number of nitrogens with zero attached hydrogens (tertiary/aromatic N) is 4. The van der Waals surface area contributed by atoms with Gasteiger partial charge < -0.3 is 30.5 Å². The van der Waals surface area contributed by atoms with Crippen LogP contribution in [0.4, 0.5) is 5.82 Å². The molecule has 0 unspecified atom stereocenters. The molecule has 1 saturated heterocycles. The Kier molecular flexibility index (Phi) is 4.76. The highest BCUT2D eigenvalue weighted by atomic mass is 16.6.